The summed E-state index contributed by atoms with van der Waals surface area (Å²) in [6, 6.07) is 2.13. The topological polar surface area (TPSA) is 68.9 Å². The molecule has 7 nitrogen and oxygen atoms in total. The highest BCUT2D eigenvalue weighted by atomic mass is 16.6. The Hall–Kier alpha value is -2.05. The van der Waals surface area contributed by atoms with Crippen molar-refractivity contribution in [3.8, 4) is 0 Å². The molecule has 0 radical (unpaired) electrons. The summed E-state index contributed by atoms with van der Waals surface area (Å²) in [6.07, 6.45) is 3.06. The van der Waals surface area contributed by atoms with Crippen LogP contribution < -0.4 is 0 Å². The van der Waals surface area contributed by atoms with Crippen LogP contribution in [0.5, 0.6) is 0 Å². The van der Waals surface area contributed by atoms with Gasteiger partial charge in [-0.3, -0.25) is 14.6 Å². The van der Waals surface area contributed by atoms with Gasteiger partial charge in [-0.15, -0.1) is 0 Å². The zero-order valence-corrected chi connectivity index (χ0v) is 16.9. The summed E-state index contributed by atoms with van der Waals surface area (Å²) in [4.78, 5) is 18.7. The lowest BCUT2D eigenvalue weighted by Crippen LogP contribution is -2.53. The number of fused-ring (bicyclic) bond motifs is 1. The van der Waals surface area contributed by atoms with E-state index in [1.807, 2.05) is 36.4 Å². The van der Waals surface area contributed by atoms with Crippen LogP contribution in [0.25, 0.3) is 0 Å². The van der Waals surface area contributed by atoms with Crippen LogP contribution in [-0.2, 0) is 9.47 Å². The van der Waals surface area contributed by atoms with Gasteiger partial charge in [0.25, 0.3) is 0 Å². The summed E-state index contributed by atoms with van der Waals surface area (Å²) in [7, 11) is 1.72. The minimum atomic E-state index is -0.506. The van der Waals surface area contributed by atoms with Crippen molar-refractivity contribution in [3.63, 3.8) is 0 Å². The highest BCUT2D eigenvalue weighted by Gasteiger charge is 2.67. The fourth-order valence-electron chi connectivity index (χ4n) is 4.14. The first-order valence-corrected chi connectivity index (χ1v) is 9.19. The van der Waals surface area contributed by atoms with Crippen LogP contribution in [-0.4, -0.2) is 57.0 Å². The van der Waals surface area contributed by atoms with E-state index in [1.54, 1.807) is 13.2 Å². The average molecular weight is 362 g/mol. The predicted molar refractivity (Wildman–Crippen MR) is 99.5 cm³/mol. The molecule has 144 valence electrons. The van der Waals surface area contributed by atoms with Crippen molar-refractivity contribution in [2.75, 3.05) is 13.6 Å². The Morgan fingerprint density at radius 1 is 1.35 bits per heavy atom. The van der Waals surface area contributed by atoms with Crippen molar-refractivity contribution in [3.05, 3.63) is 18.0 Å². The Morgan fingerprint density at radius 3 is 2.54 bits per heavy atom. The fraction of sp³-hybridized carbons (Fsp3) is 0.737. The second kappa shape index (κ2) is 5.99. The van der Waals surface area contributed by atoms with E-state index in [4.69, 9.17) is 9.47 Å². The molecule has 2 bridgehead atoms. The van der Waals surface area contributed by atoms with Crippen molar-refractivity contribution in [2.45, 2.75) is 77.2 Å². The van der Waals surface area contributed by atoms with E-state index < -0.39 is 11.2 Å². The molecular formula is C19H30N4O3. The maximum atomic E-state index is 12.6. The van der Waals surface area contributed by atoms with Crippen molar-refractivity contribution >= 4 is 12.0 Å². The molecule has 1 aromatic heterocycles. The smallest absolute Gasteiger partial charge is 0.410 e. The standard InChI is InChI=1S/C19H30N4O3/c1-13(2)23-14(8-9-21-23)15(20-7)25-19-10-18(6,11-19)22(12-19)16(24)26-17(3,4)5/h8-9,13H,10-12H2,1-7H3. The molecule has 4 rings (SSSR count). The number of rotatable bonds is 3. The highest BCUT2D eigenvalue weighted by Crippen LogP contribution is 2.55. The van der Waals surface area contributed by atoms with E-state index in [9.17, 15) is 4.79 Å². The third kappa shape index (κ3) is 3.19. The zero-order chi connectivity index (χ0) is 19.3. The number of nitrogens with zero attached hydrogens (tertiary/aromatic N) is 4. The second-order valence-corrected chi connectivity index (χ2v) is 8.99. The lowest BCUT2D eigenvalue weighted by atomic mass is 9.71. The van der Waals surface area contributed by atoms with Gasteiger partial charge in [0, 0.05) is 32.1 Å². The van der Waals surface area contributed by atoms with Crippen LogP contribution in [0, 0.1) is 0 Å². The molecule has 1 aromatic rings. The SMILES string of the molecule is CN=C(OC12CN(C(=O)OC(C)(C)C)C(C)(C1)C2)c1ccnn1C(C)C. The third-order valence-corrected chi connectivity index (χ3v) is 5.01. The van der Waals surface area contributed by atoms with Gasteiger partial charge >= 0.3 is 6.09 Å². The van der Waals surface area contributed by atoms with E-state index in [2.05, 4.69) is 30.9 Å². The molecule has 2 aliphatic heterocycles. The van der Waals surface area contributed by atoms with Crippen LogP contribution >= 0.6 is 0 Å². The minimum absolute atomic E-state index is 0.209. The summed E-state index contributed by atoms with van der Waals surface area (Å²) < 4.78 is 13.8. The number of hydrogen-bond acceptors (Lipinski definition) is 5. The molecule has 1 saturated carbocycles. The van der Waals surface area contributed by atoms with Crippen molar-refractivity contribution in [1.29, 1.82) is 0 Å². The van der Waals surface area contributed by atoms with Gasteiger partial charge in [0.2, 0.25) is 5.90 Å². The van der Waals surface area contributed by atoms with Gasteiger partial charge in [-0.1, -0.05) is 0 Å². The molecule has 26 heavy (non-hydrogen) atoms. The minimum Gasteiger partial charge on any atom is -0.468 e. The monoisotopic (exact) mass is 362 g/mol. The van der Waals surface area contributed by atoms with Crippen molar-refractivity contribution < 1.29 is 14.3 Å². The van der Waals surface area contributed by atoms with E-state index in [-0.39, 0.29) is 17.7 Å². The number of amides is 1. The molecule has 3 heterocycles. The summed E-state index contributed by atoms with van der Waals surface area (Å²) in [5.41, 5.74) is -0.249. The Kier molecular flexibility index (Phi) is 4.32. The number of carbonyl (C=O) groups is 1. The summed E-state index contributed by atoms with van der Waals surface area (Å²) in [5.74, 6) is 0.573. The Bertz CT molecular complexity index is 723. The van der Waals surface area contributed by atoms with Crippen LogP contribution in [0.2, 0.25) is 0 Å². The van der Waals surface area contributed by atoms with Crippen LogP contribution in [0.4, 0.5) is 4.79 Å². The molecule has 3 fully saturated rings. The summed E-state index contributed by atoms with van der Waals surface area (Å²) in [6.45, 7) is 12.4. The number of hydrogen-bond donors (Lipinski definition) is 0. The lowest BCUT2D eigenvalue weighted by molar-refractivity contribution is -0.0223. The van der Waals surface area contributed by atoms with Crippen LogP contribution in [0.3, 0.4) is 0 Å². The second-order valence-electron chi connectivity index (χ2n) is 8.99. The Morgan fingerprint density at radius 2 is 2.00 bits per heavy atom. The summed E-state index contributed by atoms with van der Waals surface area (Å²) in [5, 5.41) is 4.36. The van der Waals surface area contributed by atoms with Gasteiger partial charge in [-0.05, 0) is 47.6 Å². The lowest BCUT2D eigenvalue weighted by Gasteiger charge is -2.44. The highest BCUT2D eigenvalue weighted by molar-refractivity contribution is 5.93. The molecule has 0 unspecified atom stereocenters. The van der Waals surface area contributed by atoms with Crippen molar-refractivity contribution in [1.82, 2.24) is 14.7 Å². The molecule has 1 aliphatic carbocycles. The van der Waals surface area contributed by atoms with Gasteiger partial charge in [0.1, 0.15) is 16.9 Å². The van der Waals surface area contributed by atoms with Gasteiger partial charge in [-0.25, -0.2) is 4.79 Å². The number of ether oxygens (including phenoxy) is 2. The largest absolute Gasteiger partial charge is 0.468 e. The summed E-state index contributed by atoms with van der Waals surface area (Å²) >= 11 is 0. The Labute approximate surface area is 155 Å². The predicted octanol–water partition coefficient (Wildman–Crippen LogP) is 3.40. The zero-order valence-electron chi connectivity index (χ0n) is 16.9. The first kappa shape index (κ1) is 18.7. The van der Waals surface area contributed by atoms with Gasteiger partial charge < -0.3 is 9.47 Å². The van der Waals surface area contributed by atoms with Gasteiger partial charge in [0.05, 0.1) is 12.1 Å². The molecule has 3 aliphatic rings. The normalized spacial score (nSPS) is 28.3. The third-order valence-electron chi connectivity index (χ3n) is 5.01. The van der Waals surface area contributed by atoms with Gasteiger partial charge in [0.15, 0.2) is 0 Å². The quantitative estimate of drug-likeness (QED) is 0.610. The first-order chi connectivity index (χ1) is 12.0. The molecule has 2 saturated heterocycles. The molecule has 1 amide bonds. The molecule has 0 atom stereocenters. The van der Waals surface area contributed by atoms with Crippen LogP contribution in [0.1, 0.15) is 66.1 Å². The van der Waals surface area contributed by atoms with Crippen molar-refractivity contribution in [2.24, 2.45) is 4.99 Å². The van der Waals surface area contributed by atoms with E-state index in [1.165, 1.54) is 0 Å². The first-order valence-electron chi connectivity index (χ1n) is 9.19. The molecular weight excluding hydrogens is 332 g/mol. The van der Waals surface area contributed by atoms with Gasteiger partial charge in [-0.2, -0.15) is 5.10 Å². The average Bonchev–Trinajstić information content (AvgIpc) is 3.12. The Balaban J connectivity index is 1.76. The van der Waals surface area contributed by atoms with E-state index >= 15 is 0 Å². The number of carbonyl (C=O) groups excluding carboxylic acids is 1. The maximum Gasteiger partial charge on any atom is 0.410 e. The molecule has 0 spiro atoms. The fourth-order valence-corrected chi connectivity index (χ4v) is 4.14. The molecule has 0 N–H and O–H groups in total. The molecule has 0 aromatic carbocycles. The van der Waals surface area contributed by atoms with E-state index in [0.717, 1.165) is 18.5 Å². The number of aromatic nitrogens is 2. The number of aliphatic imine (C=N–C) groups is 1. The molecule has 7 heteroatoms. The van der Waals surface area contributed by atoms with Crippen LogP contribution in [0.15, 0.2) is 17.3 Å². The maximum absolute atomic E-state index is 12.6. The van der Waals surface area contributed by atoms with E-state index in [0.29, 0.717) is 12.4 Å².